The number of pyridine rings is 1. The van der Waals surface area contributed by atoms with E-state index in [1.165, 1.54) is 12.4 Å². The lowest BCUT2D eigenvalue weighted by Gasteiger charge is -2.18. The summed E-state index contributed by atoms with van der Waals surface area (Å²) >= 11 is 0. The van der Waals surface area contributed by atoms with Gasteiger partial charge in [0.25, 0.3) is 0 Å². The first-order chi connectivity index (χ1) is 17.9. The molecule has 5 heterocycles. The highest BCUT2D eigenvalue weighted by molar-refractivity contribution is 5.86. The average Bonchev–Trinajstić information content (AvgIpc) is 3.63. The second kappa shape index (κ2) is 9.05. The predicted molar refractivity (Wildman–Crippen MR) is 134 cm³/mol. The number of aromatic nitrogens is 7. The minimum atomic E-state index is -0.817. The van der Waals surface area contributed by atoms with Crippen molar-refractivity contribution in [3.05, 3.63) is 65.8 Å². The molecule has 11 nitrogen and oxygen atoms in total. The van der Waals surface area contributed by atoms with Gasteiger partial charge in [-0.15, -0.1) is 10.2 Å². The molecule has 0 unspecified atom stereocenters. The van der Waals surface area contributed by atoms with Crippen molar-refractivity contribution in [1.82, 2.24) is 39.5 Å². The first kappa shape index (κ1) is 23.3. The molecule has 1 aromatic carbocycles. The minimum absolute atomic E-state index is 0.249. The Morgan fingerprint density at radius 2 is 2.00 bits per heavy atom. The van der Waals surface area contributed by atoms with E-state index in [0.29, 0.717) is 48.9 Å². The van der Waals surface area contributed by atoms with Gasteiger partial charge in [-0.05, 0) is 38.1 Å². The molecule has 0 radical (unpaired) electrons. The van der Waals surface area contributed by atoms with Crippen LogP contribution in [0.3, 0.4) is 0 Å². The smallest absolute Gasteiger partial charge is 0.210 e. The molecule has 0 amide bonds. The lowest BCUT2D eigenvalue weighted by molar-refractivity contribution is 0.0793. The quantitative estimate of drug-likeness (QED) is 0.292. The van der Waals surface area contributed by atoms with Gasteiger partial charge in [-0.25, -0.2) is 18.9 Å². The molecule has 0 saturated carbocycles. The largest absolute Gasteiger partial charge is 0.493 e. The standard InChI is InChI=1S/C25H26FN9O2/c1-25(2,36)12-27-9-15-3-4-17(22-30-13-32-35(15)22)19-11-29-24(34-14-31-33-23(19)34)28-10-18-16-7-8-37-21(16)6-5-20(18)26/h3-6,11,13-14,27,36H,7-10,12H2,1-2H3,(H,28,29). The fourth-order valence-corrected chi connectivity index (χ4v) is 4.61. The Labute approximate surface area is 211 Å². The molecule has 1 aliphatic heterocycles. The van der Waals surface area contributed by atoms with Gasteiger partial charge in [0.1, 0.15) is 24.2 Å². The van der Waals surface area contributed by atoms with Crippen LogP contribution in [0, 0.1) is 5.82 Å². The molecule has 5 aromatic rings. The molecule has 0 aliphatic carbocycles. The summed E-state index contributed by atoms with van der Waals surface area (Å²) in [5.74, 6) is 0.941. The van der Waals surface area contributed by atoms with E-state index in [1.54, 1.807) is 41.4 Å². The zero-order chi connectivity index (χ0) is 25.6. The number of halogens is 1. The summed E-state index contributed by atoms with van der Waals surface area (Å²) in [7, 11) is 0. The predicted octanol–water partition coefficient (Wildman–Crippen LogP) is 2.38. The molecule has 3 N–H and O–H groups in total. The van der Waals surface area contributed by atoms with Crippen LogP contribution in [0.2, 0.25) is 0 Å². The number of anilines is 1. The monoisotopic (exact) mass is 503 g/mol. The van der Waals surface area contributed by atoms with E-state index in [2.05, 4.69) is 35.9 Å². The molecular weight excluding hydrogens is 477 g/mol. The Morgan fingerprint density at radius 1 is 1.11 bits per heavy atom. The highest BCUT2D eigenvalue weighted by Gasteiger charge is 2.21. The maximum absolute atomic E-state index is 14.6. The van der Waals surface area contributed by atoms with Crippen molar-refractivity contribution in [2.75, 3.05) is 18.5 Å². The van der Waals surface area contributed by atoms with Crippen LogP contribution in [0.4, 0.5) is 10.3 Å². The Morgan fingerprint density at radius 3 is 2.86 bits per heavy atom. The number of rotatable bonds is 8. The normalized spacial score (nSPS) is 13.3. The summed E-state index contributed by atoms with van der Waals surface area (Å²) in [5, 5.41) is 29.2. The maximum atomic E-state index is 14.6. The van der Waals surface area contributed by atoms with Gasteiger partial charge < -0.3 is 20.5 Å². The first-order valence-corrected chi connectivity index (χ1v) is 12.0. The summed E-state index contributed by atoms with van der Waals surface area (Å²) in [6.07, 6.45) is 5.45. The molecule has 6 rings (SSSR count). The van der Waals surface area contributed by atoms with Gasteiger partial charge in [-0.1, -0.05) is 0 Å². The number of fused-ring (bicyclic) bond motifs is 3. The summed E-state index contributed by atoms with van der Waals surface area (Å²) in [5.41, 5.74) is 4.29. The highest BCUT2D eigenvalue weighted by atomic mass is 19.1. The number of benzene rings is 1. The van der Waals surface area contributed by atoms with E-state index < -0.39 is 5.60 Å². The molecule has 0 atom stereocenters. The van der Waals surface area contributed by atoms with Crippen molar-refractivity contribution in [2.45, 2.75) is 39.0 Å². The van der Waals surface area contributed by atoms with Crippen LogP contribution in [-0.4, -0.2) is 58.0 Å². The van der Waals surface area contributed by atoms with E-state index in [1.807, 2.05) is 12.1 Å². The molecule has 12 heteroatoms. The van der Waals surface area contributed by atoms with Gasteiger partial charge in [0, 0.05) is 54.5 Å². The van der Waals surface area contributed by atoms with E-state index in [9.17, 15) is 9.50 Å². The Balaban J connectivity index is 1.31. The number of hydrogen-bond acceptors (Lipinski definition) is 9. The number of nitrogens with one attached hydrogen (secondary N) is 2. The molecule has 0 spiro atoms. The molecule has 0 fully saturated rings. The number of hydrogen-bond donors (Lipinski definition) is 3. The maximum Gasteiger partial charge on any atom is 0.210 e. The van der Waals surface area contributed by atoms with Crippen LogP contribution < -0.4 is 15.4 Å². The van der Waals surface area contributed by atoms with Crippen LogP contribution in [0.5, 0.6) is 5.75 Å². The fourth-order valence-electron chi connectivity index (χ4n) is 4.61. The Bertz CT molecular complexity index is 1610. The van der Waals surface area contributed by atoms with Crippen molar-refractivity contribution in [3.8, 4) is 16.9 Å². The van der Waals surface area contributed by atoms with Crippen LogP contribution in [0.15, 0.2) is 43.1 Å². The molecule has 0 saturated heterocycles. The molecule has 190 valence electrons. The zero-order valence-corrected chi connectivity index (χ0v) is 20.4. The van der Waals surface area contributed by atoms with E-state index in [-0.39, 0.29) is 12.4 Å². The highest BCUT2D eigenvalue weighted by Crippen LogP contribution is 2.31. The van der Waals surface area contributed by atoms with Gasteiger partial charge in [-0.2, -0.15) is 5.10 Å². The Hall–Kier alpha value is -4.16. The van der Waals surface area contributed by atoms with Crippen LogP contribution in [-0.2, 0) is 19.5 Å². The first-order valence-electron chi connectivity index (χ1n) is 12.0. The van der Waals surface area contributed by atoms with E-state index in [4.69, 9.17) is 4.74 Å². The third kappa shape index (κ3) is 4.34. The SMILES string of the molecule is CC(C)(O)CNCc1ccc(-c2cnc(NCc3c(F)ccc4c3CCO4)n3cnnc23)c2ncnn12. The van der Waals surface area contributed by atoms with Crippen LogP contribution in [0.1, 0.15) is 30.7 Å². The molecule has 1 aliphatic rings. The van der Waals surface area contributed by atoms with Gasteiger partial charge >= 0.3 is 0 Å². The topological polar surface area (TPSA) is 127 Å². The third-order valence-electron chi connectivity index (χ3n) is 6.35. The second-order valence-electron chi connectivity index (χ2n) is 9.62. The summed E-state index contributed by atoms with van der Waals surface area (Å²) < 4.78 is 23.7. The molecular formula is C25H26FN9O2. The van der Waals surface area contributed by atoms with Crippen LogP contribution in [0.25, 0.3) is 22.4 Å². The molecule has 0 bridgehead atoms. The third-order valence-corrected chi connectivity index (χ3v) is 6.35. The minimum Gasteiger partial charge on any atom is -0.493 e. The van der Waals surface area contributed by atoms with Gasteiger partial charge in [0.05, 0.1) is 17.9 Å². The van der Waals surface area contributed by atoms with E-state index >= 15 is 0 Å². The Kier molecular flexibility index (Phi) is 5.69. The summed E-state index contributed by atoms with van der Waals surface area (Å²) in [4.78, 5) is 9.07. The van der Waals surface area contributed by atoms with Crippen molar-refractivity contribution in [1.29, 1.82) is 0 Å². The van der Waals surface area contributed by atoms with Gasteiger partial charge in [0.15, 0.2) is 11.3 Å². The second-order valence-corrected chi connectivity index (χ2v) is 9.62. The fraction of sp³-hybridized carbons (Fsp3) is 0.320. The van der Waals surface area contributed by atoms with Crippen molar-refractivity contribution in [2.24, 2.45) is 0 Å². The van der Waals surface area contributed by atoms with Gasteiger partial charge in [-0.3, -0.25) is 4.40 Å². The van der Waals surface area contributed by atoms with Crippen molar-refractivity contribution >= 4 is 17.2 Å². The van der Waals surface area contributed by atoms with Crippen molar-refractivity contribution in [3.63, 3.8) is 0 Å². The number of aliphatic hydroxyl groups is 1. The average molecular weight is 504 g/mol. The van der Waals surface area contributed by atoms with Crippen LogP contribution >= 0.6 is 0 Å². The lowest BCUT2D eigenvalue weighted by Crippen LogP contribution is -2.34. The number of ether oxygens (including phenoxy) is 1. The lowest BCUT2D eigenvalue weighted by atomic mass is 10.0. The van der Waals surface area contributed by atoms with Gasteiger partial charge in [0.2, 0.25) is 5.95 Å². The zero-order valence-electron chi connectivity index (χ0n) is 20.4. The summed E-state index contributed by atoms with van der Waals surface area (Å²) in [6.45, 7) is 5.25. The molecule has 37 heavy (non-hydrogen) atoms. The van der Waals surface area contributed by atoms with E-state index in [0.717, 1.165) is 28.1 Å². The molecule has 4 aromatic heterocycles. The summed E-state index contributed by atoms with van der Waals surface area (Å²) in [6, 6.07) is 7.01. The number of nitrogens with zero attached hydrogens (tertiary/aromatic N) is 7. The van der Waals surface area contributed by atoms with Crippen molar-refractivity contribution < 1.29 is 14.2 Å².